The van der Waals surface area contributed by atoms with Gasteiger partial charge >= 0.3 is 0 Å². The molecule has 0 spiro atoms. The predicted molar refractivity (Wildman–Crippen MR) is 77.4 cm³/mol. The molecule has 1 aliphatic heterocycles. The van der Waals surface area contributed by atoms with Gasteiger partial charge in [-0.1, -0.05) is 34.7 Å². The highest BCUT2D eigenvalue weighted by Gasteiger charge is 2.43. The van der Waals surface area contributed by atoms with Crippen molar-refractivity contribution >= 4 is 45.3 Å². The molecular weight excluding hydrogens is 329 g/mol. The molecule has 0 aliphatic carbocycles. The van der Waals surface area contributed by atoms with Gasteiger partial charge in [-0.05, 0) is 23.9 Å². The van der Waals surface area contributed by atoms with Gasteiger partial charge < -0.3 is 0 Å². The van der Waals surface area contributed by atoms with Gasteiger partial charge in [0.15, 0.2) is 5.54 Å². The molecule has 0 N–H and O–H groups in total. The molecular formula is C13H13INS+. The van der Waals surface area contributed by atoms with Crippen LogP contribution in [-0.2, 0) is 5.54 Å². The third-order valence-corrected chi connectivity index (χ3v) is 6.19. The summed E-state index contributed by atoms with van der Waals surface area (Å²) in [5, 5.41) is 2.74. The fourth-order valence-corrected chi connectivity index (χ4v) is 4.53. The van der Waals surface area contributed by atoms with Crippen molar-refractivity contribution in [3.05, 3.63) is 36.4 Å². The summed E-state index contributed by atoms with van der Waals surface area (Å²) in [5.41, 5.74) is 1.63. The Labute approximate surface area is 113 Å². The SMILES string of the molecule is CC1(CI)CSc2ccc3ccccc3[n+]21. The maximum atomic E-state index is 2.51. The molecule has 2 heterocycles. The first-order chi connectivity index (χ1) is 7.74. The van der Waals surface area contributed by atoms with Gasteiger partial charge in [0.1, 0.15) is 0 Å². The Morgan fingerprint density at radius 2 is 2.12 bits per heavy atom. The molecule has 1 atom stereocenters. The van der Waals surface area contributed by atoms with Gasteiger partial charge in [0.05, 0.1) is 10.2 Å². The molecule has 1 nitrogen and oxygen atoms in total. The van der Waals surface area contributed by atoms with Crippen LogP contribution in [0.3, 0.4) is 0 Å². The summed E-state index contributed by atoms with van der Waals surface area (Å²) in [4.78, 5) is 0. The zero-order valence-electron chi connectivity index (χ0n) is 9.11. The molecule has 1 aliphatic rings. The zero-order valence-corrected chi connectivity index (χ0v) is 12.1. The van der Waals surface area contributed by atoms with E-state index in [-0.39, 0.29) is 5.54 Å². The number of rotatable bonds is 1. The second-order valence-electron chi connectivity index (χ2n) is 4.49. The smallest absolute Gasteiger partial charge is 0.179 e. The van der Waals surface area contributed by atoms with E-state index in [2.05, 4.69) is 70.5 Å². The van der Waals surface area contributed by atoms with Gasteiger partial charge in [-0.2, -0.15) is 4.57 Å². The number of benzene rings is 1. The van der Waals surface area contributed by atoms with Crippen LogP contribution in [0.2, 0.25) is 0 Å². The number of alkyl halides is 1. The molecule has 3 rings (SSSR count). The predicted octanol–water partition coefficient (Wildman–Crippen LogP) is 3.38. The molecule has 82 valence electrons. The summed E-state index contributed by atoms with van der Waals surface area (Å²) in [5.74, 6) is 1.18. The fourth-order valence-electron chi connectivity index (χ4n) is 2.25. The Bertz CT molecular complexity index is 555. The van der Waals surface area contributed by atoms with Crippen molar-refractivity contribution in [2.45, 2.75) is 17.5 Å². The van der Waals surface area contributed by atoms with Crippen molar-refractivity contribution in [1.29, 1.82) is 0 Å². The van der Waals surface area contributed by atoms with E-state index < -0.39 is 0 Å². The molecule has 3 heteroatoms. The van der Waals surface area contributed by atoms with Gasteiger partial charge in [-0.15, -0.1) is 0 Å². The number of aromatic nitrogens is 1. The standard InChI is InChI=1S/C13H13INS/c1-13(8-14)9-16-12-7-6-10-4-2-3-5-11(10)15(12)13/h2-7H,8-9H2,1H3/q+1. The quantitative estimate of drug-likeness (QED) is 0.437. The highest BCUT2D eigenvalue weighted by Crippen LogP contribution is 2.33. The van der Waals surface area contributed by atoms with E-state index in [1.54, 1.807) is 0 Å². The largest absolute Gasteiger partial charge is 0.241 e. The van der Waals surface area contributed by atoms with Crippen LogP contribution in [0.15, 0.2) is 41.4 Å². The number of para-hydroxylation sites is 1. The highest BCUT2D eigenvalue weighted by atomic mass is 127. The number of halogens is 1. The van der Waals surface area contributed by atoms with Gasteiger partial charge in [-0.25, -0.2) is 0 Å². The maximum Gasteiger partial charge on any atom is 0.241 e. The Balaban J connectivity index is 2.37. The Morgan fingerprint density at radius 1 is 1.31 bits per heavy atom. The highest BCUT2D eigenvalue weighted by molar-refractivity contribution is 14.1. The molecule has 16 heavy (non-hydrogen) atoms. The maximum absolute atomic E-state index is 2.51. The van der Waals surface area contributed by atoms with Crippen molar-refractivity contribution in [3.63, 3.8) is 0 Å². The number of fused-ring (bicyclic) bond motifs is 3. The van der Waals surface area contributed by atoms with E-state index in [1.165, 1.54) is 21.7 Å². The lowest BCUT2D eigenvalue weighted by Crippen LogP contribution is -2.55. The Morgan fingerprint density at radius 3 is 2.94 bits per heavy atom. The van der Waals surface area contributed by atoms with Crippen LogP contribution < -0.4 is 4.57 Å². The van der Waals surface area contributed by atoms with Gasteiger partial charge in [0, 0.05) is 24.4 Å². The Hall–Kier alpha value is -0.290. The van der Waals surface area contributed by atoms with Gasteiger partial charge in [0.25, 0.3) is 0 Å². The summed E-state index contributed by atoms with van der Waals surface area (Å²) >= 11 is 4.47. The first kappa shape index (κ1) is 10.8. The van der Waals surface area contributed by atoms with E-state index >= 15 is 0 Å². The molecule has 0 saturated carbocycles. The van der Waals surface area contributed by atoms with E-state index in [4.69, 9.17) is 0 Å². The number of hydrogen-bond donors (Lipinski definition) is 0. The second kappa shape index (κ2) is 3.88. The van der Waals surface area contributed by atoms with E-state index in [0.29, 0.717) is 0 Å². The number of thioether (sulfide) groups is 1. The van der Waals surface area contributed by atoms with Crippen LogP contribution in [0.25, 0.3) is 10.9 Å². The number of nitrogens with zero attached hydrogens (tertiary/aromatic N) is 1. The van der Waals surface area contributed by atoms with Crippen LogP contribution in [0.1, 0.15) is 6.92 Å². The van der Waals surface area contributed by atoms with Crippen molar-refractivity contribution in [2.75, 3.05) is 10.2 Å². The van der Waals surface area contributed by atoms with Crippen LogP contribution >= 0.6 is 34.4 Å². The molecule has 0 saturated heterocycles. The van der Waals surface area contributed by atoms with Gasteiger partial charge in [-0.3, -0.25) is 0 Å². The number of pyridine rings is 1. The normalized spacial score (nSPS) is 23.6. The average Bonchev–Trinajstić information content (AvgIpc) is 2.68. The zero-order chi connectivity index (χ0) is 11.2. The van der Waals surface area contributed by atoms with Gasteiger partial charge in [0.2, 0.25) is 10.5 Å². The summed E-state index contributed by atoms with van der Waals surface area (Å²) < 4.78 is 3.67. The summed E-state index contributed by atoms with van der Waals surface area (Å²) in [6.45, 7) is 2.36. The van der Waals surface area contributed by atoms with Crippen molar-refractivity contribution < 1.29 is 4.57 Å². The number of hydrogen-bond acceptors (Lipinski definition) is 1. The lowest BCUT2D eigenvalue weighted by molar-refractivity contribution is -0.754. The second-order valence-corrected chi connectivity index (χ2v) is 6.24. The Kier molecular flexibility index (Phi) is 2.63. The van der Waals surface area contributed by atoms with E-state index in [0.717, 1.165) is 4.43 Å². The first-order valence-electron chi connectivity index (χ1n) is 5.38. The summed E-state index contributed by atoms with van der Waals surface area (Å²) in [6.07, 6.45) is 0. The molecule has 1 aromatic heterocycles. The van der Waals surface area contributed by atoms with Crippen LogP contribution in [0, 0.1) is 0 Å². The third kappa shape index (κ3) is 1.48. The molecule has 1 aromatic carbocycles. The lowest BCUT2D eigenvalue weighted by Gasteiger charge is -2.16. The summed E-state index contributed by atoms with van der Waals surface area (Å²) in [6, 6.07) is 13.1. The third-order valence-electron chi connectivity index (χ3n) is 3.16. The van der Waals surface area contributed by atoms with Crippen molar-refractivity contribution in [1.82, 2.24) is 0 Å². The monoisotopic (exact) mass is 342 g/mol. The minimum absolute atomic E-state index is 0.265. The minimum Gasteiger partial charge on any atom is -0.179 e. The van der Waals surface area contributed by atoms with E-state index in [9.17, 15) is 0 Å². The van der Waals surface area contributed by atoms with Crippen LogP contribution in [0.4, 0.5) is 0 Å². The first-order valence-corrected chi connectivity index (χ1v) is 7.89. The topological polar surface area (TPSA) is 3.88 Å². The van der Waals surface area contributed by atoms with Crippen molar-refractivity contribution in [3.8, 4) is 0 Å². The average molecular weight is 342 g/mol. The van der Waals surface area contributed by atoms with Crippen LogP contribution in [-0.4, -0.2) is 10.2 Å². The van der Waals surface area contributed by atoms with E-state index in [1.807, 2.05) is 11.8 Å². The molecule has 0 amide bonds. The molecule has 1 unspecified atom stereocenters. The molecule has 0 bridgehead atoms. The van der Waals surface area contributed by atoms with Crippen molar-refractivity contribution in [2.24, 2.45) is 0 Å². The fraction of sp³-hybridized carbons (Fsp3) is 0.308. The molecule has 2 aromatic rings. The molecule has 0 radical (unpaired) electrons. The minimum atomic E-state index is 0.265. The molecule has 0 fully saturated rings. The van der Waals surface area contributed by atoms with Crippen LogP contribution in [0.5, 0.6) is 0 Å². The summed E-state index contributed by atoms with van der Waals surface area (Å²) in [7, 11) is 0. The lowest BCUT2D eigenvalue weighted by atomic mass is 10.1.